The maximum atomic E-state index is 3.99. The van der Waals surface area contributed by atoms with Gasteiger partial charge in [-0.25, -0.2) is 0 Å². The van der Waals surface area contributed by atoms with Gasteiger partial charge in [-0.3, -0.25) is 9.80 Å². The van der Waals surface area contributed by atoms with Crippen LogP contribution in [-0.2, 0) is 21.7 Å². The maximum Gasteiger partial charge on any atom is 4.00 e. The molecule has 0 amide bonds. The average molecular weight is 728 g/mol. The van der Waals surface area contributed by atoms with Crippen molar-refractivity contribution in [2.75, 3.05) is 47.3 Å². The minimum Gasteiger partial charge on any atom is -1.00 e. The van der Waals surface area contributed by atoms with Crippen molar-refractivity contribution >= 4 is 0 Å². The SMILES string of the molecule is CN1CCC(c2ccccc2)N(C)CCC(c2ccccc2)NCCC(c2ccccc2)N(C)CC[C-]1c1ccccc1.[Cl-].[Cl-].[Cl-].[Ti+4]. The number of nitrogens with one attached hydrogen (secondary N) is 1. The summed E-state index contributed by atoms with van der Waals surface area (Å²) < 4.78 is 0. The molecule has 5 rings (SSSR count). The molecule has 1 heterocycles. The van der Waals surface area contributed by atoms with E-state index in [9.17, 15) is 0 Å². The third-order valence-corrected chi connectivity index (χ3v) is 9.22. The number of hydrogen-bond donors (Lipinski definition) is 1. The fraction of sp³-hybridized carbons (Fsp3) is 0.359. The Morgan fingerprint density at radius 3 is 1.51 bits per heavy atom. The van der Waals surface area contributed by atoms with E-state index in [4.69, 9.17) is 0 Å². The van der Waals surface area contributed by atoms with Crippen LogP contribution in [0.4, 0.5) is 0 Å². The van der Waals surface area contributed by atoms with E-state index in [1.54, 1.807) is 0 Å². The van der Waals surface area contributed by atoms with Gasteiger partial charge in [0.1, 0.15) is 0 Å². The van der Waals surface area contributed by atoms with Crippen molar-refractivity contribution in [2.45, 2.75) is 43.8 Å². The molecule has 4 aromatic rings. The van der Waals surface area contributed by atoms with Crippen LogP contribution in [0.1, 0.15) is 66.1 Å². The molecule has 1 N–H and O–H groups in total. The zero-order valence-corrected chi connectivity index (χ0v) is 31.7. The van der Waals surface area contributed by atoms with E-state index < -0.39 is 0 Å². The number of benzene rings is 4. The summed E-state index contributed by atoms with van der Waals surface area (Å²) in [6.45, 7) is 3.98. The summed E-state index contributed by atoms with van der Waals surface area (Å²) in [6, 6.07) is 46.6. The smallest absolute Gasteiger partial charge is 1.00 e. The van der Waals surface area contributed by atoms with Crippen molar-refractivity contribution in [2.24, 2.45) is 0 Å². The molecule has 3 atom stereocenters. The Morgan fingerprint density at radius 1 is 0.532 bits per heavy atom. The van der Waals surface area contributed by atoms with E-state index in [2.05, 4.69) is 162 Å². The number of halogens is 3. The Kier molecular flexibility index (Phi) is 20.9. The third-order valence-electron chi connectivity index (χ3n) is 9.22. The first-order valence-corrected chi connectivity index (χ1v) is 16.0. The zero-order chi connectivity index (χ0) is 29.9. The van der Waals surface area contributed by atoms with Crippen molar-refractivity contribution in [3.8, 4) is 0 Å². The molecule has 4 nitrogen and oxygen atoms in total. The van der Waals surface area contributed by atoms with E-state index in [0.717, 1.165) is 51.9 Å². The Labute approximate surface area is 317 Å². The molecular formula is C39H49Cl3N4Ti. The first-order chi connectivity index (χ1) is 21.1. The standard InChI is InChI=1S/C39H49N4.3ClH.Ti/c1-41-29-25-36(32-16-8-4-9-17-32)40-28-24-37(33-18-10-5-11-19-33)42(2)30-26-39(35-22-14-7-15-23-35)43(3)31-27-38(41)34-20-12-6-13-21-34;;;;/h4-23,36-38,40H,24-31H2,1-3H3;3*1H;/q-1;;;;+4/p-3. The van der Waals surface area contributed by atoms with Gasteiger partial charge in [0, 0.05) is 24.7 Å². The van der Waals surface area contributed by atoms with Crippen molar-refractivity contribution in [1.29, 1.82) is 0 Å². The van der Waals surface area contributed by atoms with Gasteiger partial charge in [0.2, 0.25) is 0 Å². The first-order valence-electron chi connectivity index (χ1n) is 16.0. The van der Waals surface area contributed by atoms with E-state index in [1.165, 1.54) is 28.3 Å². The van der Waals surface area contributed by atoms with Crippen molar-refractivity contribution in [3.63, 3.8) is 0 Å². The fourth-order valence-corrected chi connectivity index (χ4v) is 6.66. The molecule has 0 bridgehead atoms. The van der Waals surface area contributed by atoms with Crippen LogP contribution in [0, 0.1) is 6.04 Å². The summed E-state index contributed by atoms with van der Waals surface area (Å²) in [7, 11) is 6.90. The Balaban J connectivity index is 0.00000276. The normalized spacial score (nSPS) is 20.8. The third kappa shape index (κ3) is 12.5. The van der Waals surface area contributed by atoms with Crippen molar-refractivity contribution in [3.05, 3.63) is 150 Å². The Morgan fingerprint density at radius 2 is 0.979 bits per heavy atom. The first kappa shape index (κ1) is 43.2. The van der Waals surface area contributed by atoms with Crippen molar-refractivity contribution < 1.29 is 58.9 Å². The Hall–Kier alpha value is -1.83. The van der Waals surface area contributed by atoms with Crippen molar-refractivity contribution in [1.82, 2.24) is 20.0 Å². The Bertz CT molecular complexity index is 1340. The molecule has 0 saturated carbocycles. The van der Waals surface area contributed by atoms with Gasteiger partial charge >= 0.3 is 21.7 Å². The maximum absolute atomic E-state index is 3.99. The summed E-state index contributed by atoms with van der Waals surface area (Å²) in [5.41, 5.74) is 5.49. The van der Waals surface area contributed by atoms with Gasteiger partial charge in [0.25, 0.3) is 0 Å². The van der Waals surface area contributed by atoms with Crippen LogP contribution >= 0.6 is 0 Å². The fourth-order valence-electron chi connectivity index (χ4n) is 6.66. The minimum absolute atomic E-state index is 0. The van der Waals surface area contributed by atoms with Gasteiger partial charge in [-0.05, 0) is 76.7 Å². The second-order valence-electron chi connectivity index (χ2n) is 12.1. The monoisotopic (exact) mass is 726 g/mol. The van der Waals surface area contributed by atoms with E-state index >= 15 is 0 Å². The van der Waals surface area contributed by atoms with Gasteiger partial charge in [-0.15, -0.1) is 18.2 Å². The zero-order valence-electron chi connectivity index (χ0n) is 27.9. The van der Waals surface area contributed by atoms with Crippen LogP contribution in [0.2, 0.25) is 0 Å². The molecule has 3 unspecified atom stereocenters. The molecule has 250 valence electrons. The molecule has 0 aromatic heterocycles. The summed E-state index contributed by atoms with van der Waals surface area (Å²) in [4.78, 5) is 7.66. The van der Waals surface area contributed by atoms with Crippen LogP contribution in [0.3, 0.4) is 0 Å². The largest absolute Gasteiger partial charge is 4.00 e. The topological polar surface area (TPSA) is 21.8 Å². The molecule has 1 aliphatic rings. The summed E-state index contributed by atoms with van der Waals surface area (Å²) >= 11 is 0. The van der Waals surface area contributed by atoms with E-state index in [1.807, 2.05) is 0 Å². The van der Waals surface area contributed by atoms with Gasteiger partial charge < -0.3 is 47.4 Å². The molecule has 0 spiro atoms. The second-order valence-corrected chi connectivity index (χ2v) is 12.1. The van der Waals surface area contributed by atoms with Crippen LogP contribution in [0.15, 0.2) is 121 Å². The van der Waals surface area contributed by atoms with E-state index in [-0.39, 0.29) is 58.9 Å². The van der Waals surface area contributed by atoms with Crippen LogP contribution < -0.4 is 42.5 Å². The van der Waals surface area contributed by atoms with Gasteiger partial charge in [0.15, 0.2) is 0 Å². The predicted octanol–water partition coefficient (Wildman–Crippen LogP) is -1.24. The van der Waals surface area contributed by atoms with Crippen LogP contribution in [-0.4, -0.2) is 62.0 Å². The van der Waals surface area contributed by atoms with Crippen LogP contribution in [0.5, 0.6) is 0 Å². The summed E-state index contributed by atoms with van der Waals surface area (Å²) in [6.07, 6.45) is 4.20. The van der Waals surface area contributed by atoms with Gasteiger partial charge in [-0.1, -0.05) is 103 Å². The molecule has 1 aliphatic heterocycles. The molecule has 0 aliphatic carbocycles. The molecule has 47 heavy (non-hydrogen) atoms. The molecule has 1 fully saturated rings. The van der Waals surface area contributed by atoms with E-state index in [0.29, 0.717) is 18.1 Å². The minimum atomic E-state index is 0. The summed E-state index contributed by atoms with van der Waals surface area (Å²) in [5.74, 6) is 0. The van der Waals surface area contributed by atoms with Gasteiger partial charge in [-0.2, -0.15) is 17.7 Å². The molecular weight excluding hydrogens is 679 g/mol. The quantitative estimate of drug-likeness (QED) is 0.210. The molecule has 1 saturated heterocycles. The molecule has 4 aromatic carbocycles. The average Bonchev–Trinajstić information content (AvgIpc) is 3.06. The van der Waals surface area contributed by atoms with Gasteiger partial charge in [0.05, 0.1) is 0 Å². The molecule has 8 heteroatoms. The number of rotatable bonds is 4. The second kappa shape index (κ2) is 22.7. The number of hydrogen-bond acceptors (Lipinski definition) is 4. The molecule has 0 radical (unpaired) electrons. The number of nitrogens with zero attached hydrogens (tertiary/aromatic N) is 3. The predicted molar refractivity (Wildman–Crippen MR) is 181 cm³/mol. The van der Waals surface area contributed by atoms with Crippen LogP contribution in [0.25, 0.3) is 0 Å². The summed E-state index contributed by atoms with van der Waals surface area (Å²) in [5, 5.41) is 3.99.